The Labute approximate surface area is 343 Å². The number of aryl methyl sites for hydroxylation is 2. The van der Waals surface area contributed by atoms with Crippen molar-refractivity contribution in [3.8, 4) is 17.2 Å². The average molecular weight is 777 g/mol. The van der Waals surface area contributed by atoms with Gasteiger partial charge in [-0.15, -0.1) is 0 Å². The van der Waals surface area contributed by atoms with Crippen LogP contribution in [0, 0.1) is 0 Å². The van der Waals surface area contributed by atoms with Gasteiger partial charge in [0, 0.05) is 73.9 Å². The number of carbonyl (C=O) groups excluding carboxylic acids is 2. The second kappa shape index (κ2) is 17.2. The Morgan fingerprint density at radius 3 is 1.25 bits per heavy atom. The van der Waals surface area contributed by atoms with Crippen molar-refractivity contribution in [2.24, 2.45) is 0 Å². The van der Waals surface area contributed by atoms with Gasteiger partial charge in [-0.1, -0.05) is 103 Å². The van der Waals surface area contributed by atoms with Crippen molar-refractivity contribution in [3.63, 3.8) is 0 Å². The zero-order valence-corrected chi connectivity index (χ0v) is 32.8. The van der Waals surface area contributed by atoms with Gasteiger partial charge in [-0.25, -0.2) is 4.79 Å². The molecule has 0 radical (unpaired) electrons. The van der Waals surface area contributed by atoms with Gasteiger partial charge in [-0.05, 0) is 86.3 Å². The van der Waals surface area contributed by atoms with Crippen LogP contribution in [0.1, 0.15) is 52.0 Å². The number of hydrogen-bond acceptors (Lipinski definition) is 5. The predicted molar refractivity (Wildman–Crippen MR) is 236 cm³/mol. The number of para-hydroxylation sites is 4. The van der Waals surface area contributed by atoms with E-state index < -0.39 is 5.97 Å². The third-order valence-corrected chi connectivity index (χ3v) is 10.9. The van der Waals surface area contributed by atoms with Gasteiger partial charge in [0.25, 0.3) is 0 Å². The van der Waals surface area contributed by atoms with Crippen molar-refractivity contribution < 1.29 is 23.8 Å². The van der Waals surface area contributed by atoms with Crippen LogP contribution in [-0.4, -0.2) is 34.1 Å². The van der Waals surface area contributed by atoms with Crippen LogP contribution in [0.25, 0.3) is 43.6 Å². The second-order valence-electron chi connectivity index (χ2n) is 14.8. The molecule has 0 saturated heterocycles. The van der Waals surface area contributed by atoms with E-state index in [1.165, 1.54) is 43.6 Å². The molecular formula is C52H44N2O5. The number of hydrogen-bond donors (Lipinski definition) is 0. The summed E-state index contributed by atoms with van der Waals surface area (Å²) < 4.78 is 23.1. The van der Waals surface area contributed by atoms with E-state index >= 15 is 0 Å². The van der Waals surface area contributed by atoms with E-state index in [9.17, 15) is 9.59 Å². The van der Waals surface area contributed by atoms with E-state index in [-0.39, 0.29) is 5.78 Å². The Balaban J connectivity index is 0.866. The number of ketones is 1. The smallest absolute Gasteiger partial charge is 0.343 e. The Kier molecular flexibility index (Phi) is 10.9. The van der Waals surface area contributed by atoms with Crippen molar-refractivity contribution in [3.05, 3.63) is 187 Å². The first kappa shape index (κ1) is 37.5. The minimum atomic E-state index is -0.542. The minimum absolute atomic E-state index is 0.0970. The first-order valence-corrected chi connectivity index (χ1v) is 20.4. The van der Waals surface area contributed by atoms with Crippen LogP contribution in [0.4, 0.5) is 0 Å². The Bertz CT molecular complexity index is 2660. The van der Waals surface area contributed by atoms with Crippen LogP contribution in [0.3, 0.4) is 0 Å². The molecule has 0 N–H and O–H groups in total. The molecule has 7 heteroatoms. The number of unbranched alkanes of at least 4 members (excludes halogenated alkanes) is 2. The summed E-state index contributed by atoms with van der Waals surface area (Å²) >= 11 is 0. The molecule has 2 aromatic heterocycles. The van der Waals surface area contributed by atoms with Crippen molar-refractivity contribution in [2.45, 2.75) is 38.8 Å². The highest BCUT2D eigenvalue weighted by atomic mass is 16.5. The van der Waals surface area contributed by atoms with Gasteiger partial charge < -0.3 is 23.3 Å². The predicted octanol–water partition coefficient (Wildman–Crippen LogP) is 12.1. The van der Waals surface area contributed by atoms with E-state index in [2.05, 4.69) is 106 Å². The van der Waals surface area contributed by atoms with Crippen LogP contribution in [0.15, 0.2) is 170 Å². The number of fused-ring (bicyclic) bond motifs is 6. The van der Waals surface area contributed by atoms with E-state index in [0.29, 0.717) is 47.2 Å². The average Bonchev–Trinajstić information content (AvgIpc) is 3.78. The number of aromatic nitrogens is 2. The maximum atomic E-state index is 13.6. The summed E-state index contributed by atoms with van der Waals surface area (Å²) in [5.41, 5.74) is 6.35. The van der Waals surface area contributed by atoms with Gasteiger partial charge in [-0.3, -0.25) is 4.79 Å². The molecule has 0 atom stereocenters. The largest absolute Gasteiger partial charge is 0.493 e. The Hall–Kier alpha value is -7.12. The lowest BCUT2D eigenvalue weighted by Crippen LogP contribution is -2.10. The molecule has 0 fully saturated rings. The molecule has 7 nitrogen and oxygen atoms in total. The molecule has 0 aliphatic heterocycles. The SMILES string of the molecule is O=C(Oc1ccc(C(=O)c2ccccc2)cc1)c1cc(OCCCCn2c3ccccc3c3ccccc32)cc(OCCCCn2c3ccccc3c3ccccc32)c1. The normalized spacial score (nSPS) is 11.4. The number of carbonyl (C=O) groups is 2. The number of nitrogens with zero attached hydrogens (tertiary/aromatic N) is 2. The topological polar surface area (TPSA) is 71.7 Å². The second-order valence-corrected chi connectivity index (χ2v) is 14.8. The molecule has 292 valence electrons. The Morgan fingerprint density at radius 1 is 0.390 bits per heavy atom. The van der Waals surface area contributed by atoms with E-state index in [4.69, 9.17) is 14.2 Å². The van der Waals surface area contributed by atoms with Crippen molar-refractivity contribution in [2.75, 3.05) is 13.2 Å². The lowest BCUT2D eigenvalue weighted by Gasteiger charge is -2.13. The van der Waals surface area contributed by atoms with Crippen molar-refractivity contribution in [1.82, 2.24) is 9.13 Å². The summed E-state index contributed by atoms with van der Waals surface area (Å²) in [6, 6.07) is 55.2. The minimum Gasteiger partial charge on any atom is -0.493 e. The highest BCUT2D eigenvalue weighted by Crippen LogP contribution is 2.31. The molecular weight excluding hydrogens is 733 g/mol. The lowest BCUT2D eigenvalue weighted by atomic mass is 10.0. The standard InChI is InChI=1S/C52H44N2O5/c55-51(37-16-2-1-3-17-37)38-26-28-40(29-27-38)59-52(56)39-34-41(57-32-14-12-30-53-47-22-8-4-18-43(47)44-19-5-9-23-48(44)53)36-42(35-39)58-33-15-13-31-54-49-24-10-6-20-45(49)46-21-7-11-25-50(46)54/h1-11,16-29,34-36H,12-15,30-33H2. The molecule has 0 bridgehead atoms. The molecule has 59 heavy (non-hydrogen) atoms. The fraction of sp³-hybridized carbons (Fsp3) is 0.154. The molecule has 0 aliphatic rings. The first-order chi connectivity index (χ1) is 29.1. The summed E-state index contributed by atoms with van der Waals surface area (Å²) in [6.07, 6.45) is 3.48. The van der Waals surface area contributed by atoms with Gasteiger partial charge in [0.15, 0.2) is 5.78 Å². The maximum absolute atomic E-state index is 13.6. The van der Waals surface area contributed by atoms with Crippen LogP contribution in [0.5, 0.6) is 17.2 Å². The highest BCUT2D eigenvalue weighted by molar-refractivity contribution is 6.10. The summed E-state index contributed by atoms with van der Waals surface area (Å²) in [5, 5.41) is 5.05. The summed E-state index contributed by atoms with van der Waals surface area (Å²) in [7, 11) is 0. The summed E-state index contributed by atoms with van der Waals surface area (Å²) in [6.45, 7) is 2.68. The molecule has 2 heterocycles. The number of ether oxygens (including phenoxy) is 3. The summed E-state index contributed by atoms with van der Waals surface area (Å²) in [5.74, 6) is 0.782. The van der Waals surface area contributed by atoms with Crippen LogP contribution in [-0.2, 0) is 13.1 Å². The molecule has 9 rings (SSSR count). The fourth-order valence-corrected chi connectivity index (χ4v) is 8.07. The molecule has 0 spiro atoms. The van der Waals surface area contributed by atoms with Gasteiger partial charge in [0.05, 0.1) is 18.8 Å². The maximum Gasteiger partial charge on any atom is 0.343 e. The number of rotatable bonds is 16. The number of benzene rings is 7. The Morgan fingerprint density at radius 2 is 0.797 bits per heavy atom. The zero-order chi connectivity index (χ0) is 40.0. The summed E-state index contributed by atoms with van der Waals surface area (Å²) in [4.78, 5) is 26.5. The van der Waals surface area contributed by atoms with Crippen LogP contribution < -0.4 is 14.2 Å². The van der Waals surface area contributed by atoms with E-state index in [0.717, 1.165) is 38.8 Å². The lowest BCUT2D eigenvalue weighted by molar-refractivity contribution is 0.0733. The molecule has 9 aromatic rings. The number of esters is 1. The zero-order valence-electron chi connectivity index (χ0n) is 32.8. The quantitative estimate of drug-likeness (QED) is 0.0423. The van der Waals surface area contributed by atoms with Crippen LogP contribution in [0.2, 0.25) is 0 Å². The molecule has 0 unspecified atom stereocenters. The monoisotopic (exact) mass is 776 g/mol. The van der Waals surface area contributed by atoms with Gasteiger partial charge in [0.2, 0.25) is 0 Å². The van der Waals surface area contributed by atoms with Gasteiger partial charge in [0.1, 0.15) is 17.2 Å². The molecule has 7 aromatic carbocycles. The molecule has 0 amide bonds. The third-order valence-electron chi connectivity index (χ3n) is 10.9. The first-order valence-electron chi connectivity index (χ1n) is 20.4. The molecule has 0 saturated carbocycles. The van der Waals surface area contributed by atoms with Crippen molar-refractivity contribution >= 4 is 55.4 Å². The molecule has 0 aliphatic carbocycles. The van der Waals surface area contributed by atoms with Gasteiger partial charge in [-0.2, -0.15) is 0 Å². The fourth-order valence-electron chi connectivity index (χ4n) is 8.07. The van der Waals surface area contributed by atoms with Gasteiger partial charge >= 0.3 is 5.97 Å². The van der Waals surface area contributed by atoms with E-state index in [1.54, 1.807) is 48.5 Å². The van der Waals surface area contributed by atoms with Crippen molar-refractivity contribution in [1.29, 1.82) is 0 Å². The third kappa shape index (κ3) is 8.05. The highest BCUT2D eigenvalue weighted by Gasteiger charge is 2.16. The van der Waals surface area contributed by atoms with E-state index in [1.807, 2.05) is 24.3 Å². The van der Waals surface area contributed by atoms with Crippen LogP contribution >= 0.6 is 0 Å².